The van der Waals surface area contributed by atoms with Crippen LogP contribution < -0.4 is 5.32 Å². The van der Waals surface area contributed by atoms with Crippen molar-refractivity contribution in [3.05, 3.63) is 0 Å². The number of nitrogens with zero attached hydrogens (tertiary/aromatic N) is 1. The van der Waals surface area contributed by atoms with E-state index >= 15 is 0 Å². The van der Waals surface area contributed by atoms with Crippen LogP contribution in [0.15, 0.2) is 0 Å². The van der Waals surface area contributed by atoms with Crippen LogP contribution in [0.1, 0.15) is 33.6 Å². The fourth-order valence-corrected chi connectivity index (χ4v) is 1.78. The van der Waals surface area contributed by atoms with Gasteiger partial charge in [0, 0.05) is 19.1 Å². The Hall–Kier alpha value is -1.30. The van der Waals surface area contributed by atoms with Crippen molar-refractivity contribution in [3.8, 4) is 0 Å². The Morgan fingerprint density at radius 2 is 1.94 bits per heavy atom. The minimum Gasteiger partial charge on any atom is -0.450 e. The second kappa shape index (κ2) is 6.04. The van der Waals surface area contributed by atoms with Crippen molar-refractivity contribution in [2.75, 3.05) is 19.7 Å². The Kier molecular flexibility index (Phi) is 4.95. The normalized spacial score (nSPS) is 17.4. The molecular weight excluding hydrogens is 236 g/mol. The monoisotopic (exact) mass is 258 g/mol. The molecule has 0 radical (unpaired) electrons. The highest BCUT2D eigenvalue weighted by atomic mass is 16.6. The highest BCUT2D eigenvalue weighted by molar-refractivity contribution is 5.84. The molecule has 0 bridgehead atoms. The predicted molar refractivity (Wildman–Crippen MR) is 66.1 cm³/mol. The molecule has 2 amide bonds. The van der Waals surface area contributed by atoms with Crippen LogP contribution in [0.4, 0.5) is 4.79 Å². The van der Waals surface area contributed by atoms with E-state index < -0.39 is 5.60 Å². The number of likely N-dealkylation sites (tertiary alicyclic amines) is 1. The fourth-order valence-electron chi connectivity index (χ4n) is 1.78. The molecule has 1 aliphatic heterocycles. The van der Waals surface area contributed by atoms with E-state index in [0.717, 1.165) is 0 Å². The van der Waals surface area contributed by atoms with Crippen LogP contribution >= 0.6 is 0 Å². The van der Waals surface area contributed by atoms with E-state index in [0.29, 0.717) is 32.5 Å². The number of rotatable bonds is 3. The van der Waals surface area contributed by atoms with Gasteiger partial charge in [-0.1, -0.05) is 0 Å². The molecule has 0 aromatic heterocycles. The average Bonchev–Trinajstić information content (AvgIpc) is 2.29. The second-order valence-corrected chi connectivity index (χ2v) is 4.99. The van der Waals surface area contributed by atoms with Gasteiger partial charge in [0.1, 0.15) is 5.60 Å². The first-order valence-electron chi connectivity index (χ1n) is 6.29. The Bertz CT molecular complexity index is 304. The summed E-state index contributed by atoms with van der Waals surface area (Å²) in [7, 11) is 0. The molecule has 2 N–H and O–H groups in total. The quantitative estimate of drug-likeness (QED) is 0.772. The Morgan fingerprint density at radius 3 is 2.39 bits per heavy atom. The minimum absolute atomic E-state index is 0.00889. The first kappa shape index (κ1) is 14.8. The number of nitrogens with one attached hydrogen (secondary N) is 1. The number of hydrogen-bond acceptors (Lipinski definition) is 4. The molecule has 1 rings (SSSR count). The standard InChI is InChI=1S/C12H22N2O4/c1-4-18-11(16)14-7-5-9(6-8-14)13-10(15)12(2,3)17/h9,17H,4-8H2,1-3H3,(H,13,15). The molecule has 104 valence electrons. The lowest BCUT2D eigenvalue weighted by Crippen LogP contribution is -2.51. The van der Waals surface area contributed by atoms with Gasteiger partial charge < -0.3 is 20.1 Å². The zero-order valence-electron chi connectivity index (χ0n) is 11.2. The maximum absolute atomic E-state index is 11.6. The molecule has 6 heteroatoms. The molecule has 0 aromatic rings. The van der Waals surface area contributed by atoms with Gasteiger partial charge in [0.2, 0.25) is 0 Å². The highest BCUT2D eigenvalue weighted by Gasteiger charge is 2.29. The summed E-state index contributed by atoms with van der Waals surface area (Å²) >= 11 is 0. The van der Waals surface area contributed by atoms with E-state index in [2.05, 4.69) is 5.32 Å². The molecule has 0 unspecified atom stereocenters. The molecule has 18 heavy (non-hydrogen) atoms. The summed E-state index contributed by atoms with van der Waals surface area (Å²) in [6, 6.07) is 0.00889. The number of carbonyl (C=O) groups excluding carboxylic acids is 2. The molecular formula is C12H22N2O4. The Balaban J connectivity index is 2.36. The highest BCUT2D eigenvalue weighted by Crippen LogP contribution is 2.13. The summed E-state index contributed by atoms with van der Waals surface area (Å²) in [6.07, 6.45) is 1.06. The van der Waals surface area contributed by atoms with Crippen LogP contribution in [-0.2, 0) is 9.53 Å². The molecule has 0 spiro atoms. The number of carbonyl (C=O) groups is 2. The molecule has 1 saturated heterocycles. The summed E-state index contributed by atoms with van der Waals surface area (Å²) in [5.74, 6) is -0.378. The third-order valence-corrected chi connectivity index (χ3v) is 2.91. The van der Waals surface area contributed by atoms with Crippen molar-refractivity contribution in [3.63, 3.8) is 0 Å². The smallest absolute Gasteiger partial charge is 0.409 e. The molecule has 0 atom stereocenters. The molecule has 0 saturated carbocycles. The van der Waals surface area contributed by atoms with E-state index in [1.165, 1.54) is 13.8 Å². The van der Waals surface area contributed by atoms with Crippen molar-refractivity contribution in [1.29, 1.82) is 0 Å². The van der Waals surface area contributed by atoms with Crippen LogP contribution in [0.5, 0.6) is 0 Å². The van der Waals surface area contributed by atoms with Gasteiger partial charge in [-0.2, -0.15) is 0 Å². The van der Waals surface area contributed by atoms with Gasteiger partial charge in [0.05, 0.1) is 6.61 Å². The number of ether oxygens (including phenoxy) is 1. The summed E-state index contributed by atoms with van der Waals surface area (Å²) in [4.78, 5) is 24.7. The largest absolute Gasteiger partial charge is 0.450 e. The van der Waals surface area contributed by atoms with Gasteiger partial charge >= 0.3 is 6.09 Å². The summed E-state index contributed by atoms with van der Waals surface area (Å²) in [6.45, 7) is 6.18. The SMILES string of the molecule is CCOC(=O)N1CCC(NC(=O)C(C)(C)O)CC1. The Morgan fingerprint density at radius 1 is 1.39 bits per heavy atom. The van der Waals surface area contributed by atoms with Gasteiger partial charge in [-0.3, -0.25) is 4.79 Å². The predicted octanol–water partition coefficient (Wildman–Crippen LogP) is 0.494. The van der Waals surface area contributed by atoms with E-state index in [-0.39, 0.29) is 18.0 Å². The van der Waals surface area contributed by atoms with Gasteiger partial charge in [-0.15, -0.1) is 0 Å². The molecule has 1 fully saturated rings. The van der Waals surface area contributed by atoms with Crippen molar-refractivity contribution in [1.82, 2.24) is 10.2 Å². The van der Waals surface area contributed by atoms with Crippen molar-refractivity contribution < 1.29 is 19.4 Å². The third-order valence-electron chi connectivity index (χ3n) is 2.91. The van der Waals surface area contributed by atoms with Crippen LogP contribution in [-0.4, -0.2) is 53.3 Å². The zero-order valence-corrected chi connectivity index (χ0v) is 11.2. The lowest BCUT2D eigenvalue weighted by Gasteiger charge is -2.32. The number of aliphatic hydroxyl groups is 1. The van der Waals surface area contributed by atoms with Crippen LogP contribution in [0.25, 0.3) is 0 Å². The minimum atomic E-state index is -1.36. The molecule has 0 aliphatic carbocycles. The molecule has 1 aliphatic rings. The molecule has 0 aromatic carbocycles. The van der Waals surface area contributed by atoms with E-state index in [4.69, 9.17) is 4.74 Å². The zero-order chi connectivity index (χ0) is 13.8. The lowest BCUT2D eigenvalue weighted by atomic mass is 10.0. The number of piperidine rings is 1. The van der Waals surface area contributed by atoms with E-state index in [1.807, 2.05) is 0 Å². The first-order valence-corrected chi connectivity index (χ1v) is 6.29. The molecule has 1 heterocycles. The first-order chi connectivity index (χ1) is 8.34. The van der Waals surface area contributed by atoms with Gasteiger partial charge in [-0.25, -0.2) is 4.79 Å². The van der Waals surface area contributed by atoms with Gasteiger partial charge in [0.15, 0.2) is 0 Å². The molecule has 6 nitrogen and oxygen atoms in total. The summed E-state index contributed by atoms with van der Waals surface area (Å²) in [5.41, 5.74) is -1.36. The van der Waals surface area contributed by atoms with Crippen molar-refractivity contribution >= 4 is 12.0 Å². The van der Waals surface area contributed by atoms with E-state index in [1.54, 1.807) is 11.8 Å². The number of hydrogen-bond donors (Lipinski definition) is 2. The van der Waals surface area contributed by atoms with Crippen LogP contribution in [0, 0.1) is 0 Å². The second-order valence-electron chi connectivity index (χ2n) is 4.99. The lowest BCUT2D eigenvalue weighted by molar-refractivity contribution is -0.137. The van der Waals surface area contributed by atoms with Crippen molar-refractivity contribution in [2.45, 2.75) is 45.3 Å². The topological polar surface area (TPSA) is 78.9 Å². The van der Waals surface area contributed by atoms with E-state index in [9.17, 15) is 14.7 Å². The fraction of sp³-hybridized carbons (Fsp3) is 0.833. The van der Waals surface area contributed by atoms with Gasteiger partial charge in [0.25, 0.3) is 5.91 Å². The summed E-state index contributed by atoms with van der Waals surface area (Å²) < 4.78 is 4.91. The average molecular weight is 258 g/mol. The maximum atomic E-state index is 11.6. The maximum Gasteiger partial charge on any atom is 0.409 e. The summed E-state index contributed by atoms with van der Waals surface area (Å²) in [5, 5.41) is 12.3. The number of amides is 2. The Labute approximate surface area is 107 Å². The van der Waals surface area contributed by atoms with Crippen LogP contribution in [0.2, 0.25) is 0 Å². The van der Waals surface area contributed by atoms with Crippen molar-refractivity contribution in [2.24, 2.45) is 0 Å². The third kappa shape index (κ3) is 4.18. The van der Waals surface area contributed by atoms with Gasteiger partial charge in [-0.05, 0) is 33.6 Å². The van der Waals surface area contributed by atoms with Crippen LogP contribution in [0.3, 0.4) is 0 Å².